The first-order chi connectivity index (χ1) is 15.0. The van der Waals surface area contributed by atoms with Crippen LogP contribution in [0, 0.1) is 5.82 Å². The summed E-state index contributed by atoms with van der Waals surface area (Å²) in [7, 11) is 1.54. The summed E-state index contributed by atoms with van der Waals surface area (Å²) in [4.78, 5) is 41.7. The van der Waals surface area contributed by atoms with Crippen LogP contribution in [0.4, 0.5) is 10.1 Å². The van der Waals surface area contributed by atoms with Gasteiger partial charge >= 0.3 is 0 Å². The molecule has 2 fully saturated rings. The lowest BCUT2D eigenvalue weighted by Crippen LogP contribution is -2.48. The number of carbonyl (C=O) groups excluding carboxylic acids is 3. The van der Waals surface area contributed by atoms with Crippen molar-refractivity contribution in [1.82, 2.24) is 4.90 Å². The fourth-order valence-corrected chi connectivity index (χ4v) is 3.98. The third-order valence-electron chi connectivity index (χ3n) is 5.61. The first kappa shape index (κ1) is 21.0. The number of nitrogens with zero attached hydrogens (tertiary/aromatic N) is 2. The molecule has 2 aromatic carbocycles. The normalized spacial score (nSPS) is 20.9. The van der Waals surface area contributed by atoms with Crippen molar-refractivity contribution >= 4 is 23.4 Å². The zero-order valence-corrected chi connectivity index (χ0v) is 17.1. The van der Waals surface area contributed by atoms with Crippen molar-refractivity contribution < 1.29 is 28.2 Å². The second-order valence-corrected chi connectivity index (χ2v) is 7.58. The molecule has 2 aromatic rings. The Bertz CT molecular complexity index is 970. The van der Waals surface area contributed by atoms with Crippen LogP contribution in [0.2, 0.25) is 0 Å². The monoisotopic (exact) mass is 426 g/mol. The van der Waals surface area contributed by atoms with Crippen molar-refractivity contribution in [3.63, 3.8) is 0 Å². The highest BCUT2D eigenvalue weighted by Crippen LogP contribution is 2.28. The molecule has 0 radical (unpaired) electrons. The van der Waals surface area contributed by atoms with Crippen LogP contribution in [0.5, 0.6) is 5.75 Å². The first-order valence-electron chi connectivity index (χ1n) is 10.2. The van der Waals surface area contributed by atoms with Crippen LogP contribution in [0.1, 0.15) is 29.6 Å². The summed E-state index contributed by atoms with van der Waals surface area (Å²) in [6.45, 7) is 0.820. The number of anilines is 1. The Morgan fingerprint density at radius 2 is 1.87 bits per heavy atom. The van der Waals surface area contributed by atoms with Crippen LogP contribution in [-0.4, -0.2) is 55.0 Å². The minimum absolute atomic E-state index is 0.134. The Morgan fingerprint density at radius 1 is 1.16 bits per heavy atom. The van der Waals surface area contributed by atoms with Gasteiger partial charge in [0.25, 0.3) is 11.8 Å². The second kappa shape index (κ2) is 8.85. The number of rotatable bonds is 6. The van der Waals surface area contributed by atoms with Gasteiger partial charge in [0.1, 0.15) is 17.6 Å². The van der Waals surface area contributed by atoms with Gasteiger partial charge in [-0.1, -0.05) is 0 Å². The molecule has 2 aliphatic rings. The smallest absolute Gasteiger partial charge is 0.257 e. The number of amides is 3. The molecule has 0 aliphatic carbocycles. The van der Waals surface area contributed by atoms with E-state index >= 15 is 0 Å². The van der Waals surface area contributed by atoms with E-state index in [0.29, 0.717) is 17.9 Å². The molecule has 2 heterocycles. The molecule has 2 saturated heterocycles. The number of benzene rings is 2. The van der Waals surface area contributed by atoms with E-state index in [1.54, 1.807) is 24.3 Å². The lowest BCUT2D eigenvalue weighted by atomic mass is 10.1. The summed E-state index contributed by atoms with van der Waals surface area (Å²) >= 11 is 0. The van der Waals surface area contributed by atoms with Crippen molar-refractivity contribution in [2.45, 2.75) is 31.4 Å². The van der Waals surface area contributed by atoms with Crippen LogP contribution in [0.25, 0.3) is 0 Å². The summed E-state index contributed by atoms with van der Waals surface area (Å²) in [6.07, 6.45) is 1.34. The molecule has 0 aromatic heterocycles. The fourth-order valence-electron chi connectivity index (χ4n) is 3.98. The number of halogens is 1. The van der Waals surface area contributed by atoms with Gasteiger partial charge in [-0.3, -0.25) is 14.4 Å². The molecular formula is C23H23FN2O5. The number of imide groups is 1. The van der Waals surface area contributed by atoms with E-state index in [0.717, 1.165) is 17.7 Å². The summed E-state index contributed by atoms with van der Waals surface area (Å²) in [5.74, 6) is -1.14. The third-order valence-corrected chi connectivity index (χ3v) is 5.61. The molecule has 2 atom stereocenters. The Morgan fingerprint density at radius 3 is 2.48 bits per heavy atom. The highest BCUT2D eigenvalue weighted by Gasteiger charge is 2.45. The van der Waals surface area contributed by atoms with Crippen LogP contribution >= 0.6 is 0 Å². The zero-order valence-electron chi connectivity index (χ0n) is 17.1. The van der Waals surface area contributed by atoms with Gasteiger partial charge in [0.15, 0.2) is 0 Å². The van der Waals surface area contributed by atoms with Crippen molar-refractivity contribution in [1.29, 1.82) is 0 Å². The Balaban J connectivity index is 1.62. The largest absolute Gasteiger partial charge is 0.497 e. The average molecular weight is 426 g/mol. The van der Waals surface area contributed by atoms with Crippen molar-refractivity contribution in [2.24, 2.45) is 0 Å². The molecule has 2 aliphatic heterocycles. The predicted octanol–water partition coefficient (Wildman–Crippen LogP) is 2.79. The van der Waals surface area contributed by atoms with Gasteiger partial charge in [0.05, 0.1) is 25.3 Å². The molecule has 31 heavy (non-hydrogen) atoms. The second-order valence-electron chi connectivity index (χ2n) is 7.58. The van der Waals surface area contributed by atoms with Gasteiger partial charge in [0, 0.05) is 18.7 Å². The van der Waals surface area contributed by atoms with Crippen LogP contribution in [-0.2, 0) is 14.3 Å². The molecule has 2 unspecified atom stereocenters. The van der Waals surface area contributed by atoms with Gasteiger partial charge in [-0.15, -0.1) is 0 Å². The maximum atomic E-state index is 13.4. The van der Waals surface area contributed by atoms with E-state index < -0.39 is 23.7 Å². The minimum Gasteiger partial charge on any atom is -0.497 e. The topological polar surface area (TPSA) is 76.2 Å². The predicted molar refractivity (Wildman–Crippen MR) is 110 cm³/mol. The number of ether oxygens (including phenoxy) is 2. The van der Waals surface area contributed by atoms with Gasteiger partial charge in [0.2, 0.25) is 5.91 Å². The average Bonchev–Trinajstić information content (AvgIpc) is 3.40. The highest BCUT2D eigenvalue weighted by atomic mass is 19.1. The van der Waals surface area contributed by atoms with Crippen molar-refractivity contribution in [3.05, 3.63) is 59.9 Å². The molecule has 4 rings (SSSR count). The van der Waals surface area contributed by atoms with Crippen LogP contribution < -0.4 is 9.64 Å². The van der Waals surface area contributed by atoms with Crippen LogP contribution in [0.3, 0.4) is 0 Å². The number of hydrogen-bond acceptors (Lipinski definition) is 5. The lowest BCUT2D eigenvalue weighted by molar-refractivity contribution is -0.122. The SMILES string of the molecule is COc1ccc(C(=O)N(CC2CCCO2)C2CC(=O)N(c3ccc(F)cc3)C2=O)cc1. The number of carbonyl (C=O) groups is 3. The first-order valence-corrected chi connectivity index (χ1v) is 10.2. The maximum absolute atomic E-state index is 13.4. The standard InChI is InChI=1S/C23H23FN2O5/c1-30-18-10-4-15(5-11-18)22(28)25(14-19-3-2-12-31-19)20-13-21(27)26(23(20)29)17-8-6-16(24)7-9-17/h4-11,19-20H,2-3,12-14H2,1H3. The van der Waals surface area contributed by atoms with Crippen LogP contribution in [0.15, 0.2) is 48.5 Å². The quantitative estimate of drug-likeness (QED) is 0.664. The van der Waals surface area contributed by atoms with E-state index in [1.165, 1.54) is 36.3 Å². The summed E-state index contributed by atoms with van der Waals surface area (Å²) in [5, 5.41) is 0. The summed E-state index contributed by atoms with van der Waals surface area (Å²) in [5.41, 5.74) is 0.673. The summed E-state index contributed by atoms with van der Waals surface area (Å²) < 4.78 is 24.1. The minimum atomic E-state index is -0.948. The van der Waals surface area contributed by atoms with Crippen molar-refractivity contribution in [2.75, 3.05) is 25.2 Å². The third kappa shape index (κ3) is 4.29. The number of hydrogen-bond donors (Lipinski definition) is 0. The highest BCUT2D eigenvalue weighted by molar-refractivity contribution is 6.23. The van der Waals surface area contributed by atoms with Gasteiger partial charge in [-0.2, -0.15) is 0 Å². The molecule has 0 saturated carbocycles. The molecule has 0 N–H and O–H groups in total. The molecule has 0 spiro atoms. The summed E-state index contributed by atoms with van der Waals surface area (Å²) in [6, 6.07) is 10.8. The molecule has 7 nitrogen and oxygen atoms in total. The Labute approximate surface area is 179 Å². The van der Waals surface area contributed by atoms with E-state index in [2.05, 4.69) is 0 Å². The maximum Gasteiger partial charge on any atom is 0.257 e. The van der Waals surface area contributed by atoms with Gasteiger partial charge < -0.3 is 14.4 Å². The molecule has 8 heteroatoms. The van der Waals surface area contributed by atoms with Crippen molar-refractivity contribution in [3.8, 4) is 5.75 Å². The van der Waals surface area contributed by atoms with E-state index in [-0.39, 0.29) is 30.7 Å². The van der Waals surface area contributed by atoms with Gasteiger partial charge in [-0.05, 0) is 61.4 Å². The molecule has 0 bridgehead atoms. The van der Waals surface area contributed by atoms with E-state index in [4.69, 9.17) is 9.47 Å². The lowest BCUT2D eigenvalue weighted by Gasteiger charge is -2.30. The zero-order chi connectivity index (χ0) is 22.0. The van der Waals surface area contributed by atoms with E-state index in [9.17, 15) is 18.8 Å². The van der Waals surface area contributed by atoms with E-state index in [1.807, 2.05) is 0 Å². The van der Waals surface area contributed by atoms with Gasteiger partial charge in [-0.25, -0.2) is 9.29 Å². The molecular weight excluding hydrogens is 403 g/mol. The number of methoxy groups -OCH3 is 1. The Hall–Kier alpha value is -3.26. The fraction of sp³-hybridized carbons (Fsp3) is 0.348. The molecule has 162 valence electrons. The molecule has 3 amide bonds. The Kier molecular flexibility index (Phi) is 5.99.